The molecule has 0 atom stereocenters. The number of aromatic nitrogens is 2. The van der Waals surface area contributed by atoms with Crippen molar-refractivity contribution in [1.82, 2.24) is 9.38 Å². The van der Waals surface area contributed by atoms with Crippen molar-refractivity contribution in [2.45, 2.75) is 20.4 Å². The Kier molecular flexibility index (Phi) is 2.98. The van der Waals surface area contributed by atoms with Gasteiger partial charge in [0.1, 0.15) is 5.82 Å². The highest BCUT2D eigenvalue weighted by molar-refractivity contribution is 7.17. The molecule has 0 fully saturated rings. The molecule has 0 unspecified atom stereocenters. The second-order valence-electron chi connectivity index (χ2n) is 4.50. The van der Waals surface area contributed by atoms with Crippen molar-refractivity contribution >= 4 is 22.0 Å². The molecule has 0 saturated carbocycles. The lowest BCUT2D eigenvalue weighted by atomic mass is 10.3. The van der Waals surface area contributed by atoms with Crippen LogP contribution in [0.15, 0.2) is 30.5 Å². The maximum Gasteiger partial charge on any atom is 0.194 e. The molecule has 1 aromatic carbocycles. The van der Waals surface area contributed by atoms with E-state index in [-0.39, 0.29) is 5.82 Å². The summed E-state index contributed by atoms with van der Waals surface area (Å²) < 4.78 is 15.2. The second-order valence-corrected chi connectivity index (χ2v) is 5.72. The predicted molar refractivity (Wildman–Crippen MR) is 76.3 cm³/mol. The minimum atomic E-state index is -0.230. The van der Waals surface area contributed by atoms with Gasteiger partial charge in [-0.15, -0.1) is 11.3 Å². The molecule has 2 heterocycles. The number of imidazole rings is 1. The number of nitrogens with zero attached hydrogens (tertiary/aromatic N) is 2. The van der Waals surface area contributed by atoms with E-state index in [9.17, 15) is 4.39 Å². The van der Waals surface area contributed by atoms with Crippen LogP contribution in [0.5, 0.6) is 0 Å². The summed E-state index contributed by atoms with van der Waals surface area (Å²) in [6, 6.07) is 6.49. The Hall–Kier alpha value is -1.88. The van der Waals surface area contributed by atoms with Gasteiger partial charge in [0.2, 0.25) is 0 Å². The third-order valence-electron chi connectivity index (χ3n) is 3.03. The van der Waals surface area contributed by atoms with Crippen molar-refractivity contribution in [3.8, 4) is 0 Å². The van der Waals surface area contributed by atoms with Crippen molar-refractivity contribution in [2.75, 3.05) is 5.32 Å². The number of hydrogen-bond donors (Lipinski definition) is 1. The zero-order chi connectivity index (χ0) is 13.4. The molecule has 0 amide bonds. The Bertz CT molecular complexity index is 729. The molecular formula is C14H14FN3S. The molecule has 0 aliphatic rings. The Morgan fingerprint density at radius 3 is 3.00 bits per heavy atom. The van der Waals surface area contributed by atoms with Gasteiger partial charge in [-0.1, -0.05) is 6.07 Å². The number of aryl methyl sites for hydroxylation is 2. The van der Waals surface area contributed by atoms with Crippen molar-refractivity contribution in [3.05, 3.63) is 52.5 Å². The summed E-state index contributed by atoms with van der Waals surface area (Å²) in [5.41, 5.74) is 2.90. The molecular weight excluding hydrogens is 261 g/mol. The van der Waals surface area contributed by atoms with Crippen LogP contribution in [-0.2, 0) is 6.54 Å². The molecule has 1 N–H and O–H groups in total. The first-order valence-electron chi connectivity index (χ1n) is 6.07. The Labute approximate surface area is 114 Å². The third kappa shape index (κ3) is 2.33. The molecule has 0 spiro atoms. The van der Waals surface area contributed by atoms with E-state index >= 15 is 0 Å². The summed E-state index contributed by atoms with van der Waals surface area (Å²) in [5.74, 6) is -0.230. The van der Waals surface area contributed by atoms with Crippen LogP contribution in [-0.4, -0.2) is 9.38 Å². The quantitative estimate of drug-likeness (QED) is 0.788. The van der Waals surface area contributed by atoms with E-state index in [1.54, 1.807) is 17.4 Å². The number of benzene rings is 1. The van der Waals surface area contributed by atoms with Gasteiger partial charge in [0.25, 0.3) is 0 Å². The molecule has 98 valence electrons. The fourth-order valence-electron chi connectivity index (χ4n) is 2.11. The fourth-order valence-corrected chi connectivity index (χ4v) is 3.00. The van der Waals surface area contributed by atoms with E-state index in [1.807, 2.05) is 13.0 Å². The summed E-state index contributed by atoms with van der Waals surface area (Å²) in [6.45, 7) is 4.70. The van der Waals surface area contributed by atoms with Gasteiger partial charge in [0.05, 0.1) is 17.9 Å². The van der Waals surface area contributed by atoms with Crippen LogP contribution < -0.4 is 5.32 Å². The van der Waals surface area contributed by atoms with Crippen molar-refractivity contribution in [1.29, 1.82) is 0 Å². The van der Waals surface area contributed by atoms with E-state index < -0.39 is 0 Å². The molecule has 3 rings (SSSR count). The highest BCUT2D eigenvalue weighted by Crippen LogP contribution is 2.21. The van der Waals surface area contributed by atoms with Crippen molar-refractivity contribution in [2.24, 2.45) is 0 Å². The number of fused-ring (bicyclic) bond motifs is 1. The standard InChI is InChI=1S/C14H14FN3S/c1-9-8-18-13(10(2)17-14(18)19-9)7-16-12-5-3-4-11(15)6-12/h3-6,8,16H,7H2,1-2H3. The molecule has 19 heavy (non-hydrogen) atoms. The number of halogens is 1. The summed E-state index contributed by atoms with van der Waals surface area (Å²) in [4.78, 5) is 6.77. The first-order chi connectivity index (χ1) is 9.13. The maximum atomic E-state index is 13.1. The van der Waals surface area contributed by atoms with E-state index in [0.717, 1.165) is 22.0 Å². The number of thiazole rings is 1. The second kappa shape index (κ2) is 4.66. The van der Waals surface area contributed by atoms with Crippen LogP contribution in [0.25, 0.3) is 4.96 Å². The average molecular weight is 275 g/mol. The molecule has 0 aliphatic heterocycles. The lowest BCUT2D eigenvalue weighted by Gasteiger charge is -2.06. The molecule has 0 radical (unpaired) electrons. The van der Waals surface area contributed by atoms with Crippen LogP contribution in [0.3, 0.4) is 0 Å². The molecule has 0 aliphatic carbocycles. The van der Waals surface area contributed by atoms with E-state index in [1.165, 1.54) is 17.0 Å². The Balaban J connectivity index is 1.87. The van der Waals surface area contributed by atoms with Gasteiger partial charge < -0.3 is 5.32 Å². The minimum Gasteiger partial charge on any atom is -0.379 e. The van der Waals surface area contributed by atoms with Crippen molar-refractivity contribution in [3.63, 3.8) is 0 Å². The molecule has 2 aromatic heterocycles. The monoisotopic (exact) mass is 275 g/mol. The van der Waals surface area contributed by atoms with Gasteiger partial charge in [0, 0.05) is 16.8 Å². The average Bonchev–Trinajstić information content (AvgIpc) is 2.82. The summed E-state index contributed by atoms with van der Waals surface area (Å²) in [7, 11) is 0. The first-order valence-corrected chi connectivity index (χ1v) is 6.88. The first kappa shape index (κ1) is 12.2. The summed E-state index contributed by atoms with van der Waals surface area (Å²) in [5, 5.41) is 3.23. The van der Waals surface area contributed by atoms with E-state index in [2.05, 4.69) is 27.8 Å². The number of nitrogens with one attached hydrogen (secondary N) is 1. The predicted octanol–water partition coefficient (Wildman–Crippen LogP) is 3.76. The van der Waals surface area contributed by atoms with Crippen LogP contribution in [0.2, 0.25) is 0 Å². The molecule has 3 aromatic rings. The van der Waals surface area contributed by atoms with Crippen LogP contribution >= 0.6 is 11.3 Å². The Morgan fingerprint density at radius 2 is 2.21 bits per heavy atom. The lowest BCUT2D eigenvalue weighted by Crippen LogP contribution is -2.03. The maximum absolute atomic E-state index is 13.1. The smallest absolute Gasteiger partial charge is 0.194 e. The number of anilines is 1. The zero-order valence-corrected chi connectivity index (χ0v) is 11.6. The minimum absolute atomic E-state index is 0.230. The number of hydrogen-bond acceptors (Lipinski definition) is 3. The van der Waals surface area contributed by atoms with E-state index in [4.69, 9.17) is 0 Å². The highest BCUT2D eigenvalue weighted by Gasteiger charge is 2.10. The van der Waals surface area contributed by atoms with Crippen LogP contribution in [0.1, 0.15) is 16.3 Å². The summed E-state index contributed by atoms with van der Waals surface area (Å²) >= 11 is 1.68. The van der Waals surface area contributed by atoms with E-state index in [0.29, 0.717) is 6.54 Å². The third-order valence-corrected chi connectivity index (χ3v) is 3.92. The van der Waals surface area contributed by atoms with Crippen LogP contribution in [0.4, 0.5) is 10.1 Å². The molecule has 5 heteroatoms. The molecule has 0 bridgehead atoms. The fraction of sp³-hybridized carbons (Fsp3) is 0.214. The largest absolute Gasteiger partial charge is 0.379 e. The van der Waals surface area contributed by atoms with Gasteiger partial charge in [0.15, 0.2) is 4.96 Å². The zero-order valence-electron chi connectivity index (χ0n) is 10.8. The van der Waals surface area contributed by atoms with Gasteiger partial charge >= 0.3 is 0 Å². The normalized spacial score (nSPS) is 11.1. The summed E-state index contributed by atoms with van der Waals surface area (Å²) in [6.07, 6.45) is 2.09. The Morgan fingerprint density at radius 1 is 1.37 bits per heavy atom. The van der Waals surface area contributed by atoms with Crippen molar-refractivity contribution < 1.29 is 4.39 Å². The highest BCUT2D eigenvalue weighted by atomic mass is 32.1. The topological polar surface area (TPSA) is 29.3 Å². The lowest BCUT2D eigenvalue weighted by molar-refractivity contribution is 0.628. The SMILES string of the molecule is Cc1cn2c(CNc3cccc(F)c3)c(C)nc2s1. The molecule has 0 saturated heterocycles. The van der Waals surface area contributed by atoms with Gasteiger partial charge in [-0.2, -0.15) is 0 Å². The number of rotatable bonds is 3. The van der Waals surface area contributed by atoms with Crippen LogP contribution in [0, 0.1) is 19.7 Å². The van der Waals surface area contributed by atoms with Gasteiger partial charge in [-0.25, -0.2) is 9.37 Å². The molecule has 3 nitrogen and oxygen atoms in total. The van der Waals surface area contributed by atoms with Gasteiger partial charge in [-0.3, -0.25) is 4.40 Å². The van der Waals surface area contributed by atoms with Gasteiger partial charge in [-0.05, 0) is 32.0 Å².